The minimum absolute atomic E-state index is 0.0356. The number of aryl methyl sites for hydroxylation is 1. The number of hydrogen-bond donors (Lipinski definition) is 1. The molecule has 0 spiro atoms. The van der Waals surface area contributed by atoms with E-state index in [2.05, 4.69) is 21.8 Å². The second-order valence-electron chi connectivity index (χ2n) is 7.01. The van der Waals surface area contributed by atoms with Gasteiger partial charge in [-0.15, -0.1) is 11.3 Å². The van der Waals surface area contributed by atoms with Gasteiger partial charge in [0.1, 0.15) is 5.01 Å². The number of methoxy groups -OCH3 is 1. The highest BCUT2D eigenvalue weighted by atomic mass is 32.1. The number of rotatable bonds is 9. The summed E-state index contributed by atoms with van der Waals surface area (Å²) in [5, 5.41) is 5.96. The van der Waals surface area contributed by atoms with Gasteiger partial charge in [-0.3, -0.25) is 9.78 Å². The summed E-state index contributed by atoms with van der Waals surface area (Å²) in [7, 11) is 1.68. The third-order valence-electron chi connectivity index (χ3n) is 4.87. The highest BCUT2D eigenvalue weighted by Gasteiger charge is 2.20. The fraction of sp³-hybridized carbons (Fsp3) is 0.409. The van der Waals surface area contributed by atoms with Crippen LogP contribution in [0.1, 0.15) is 41.5 Å². The van der Waals surface area contributed by atoms with Crippen molar-refractivity contribution in [2.45, 2.75) is 40.2 Å². The highest BCUT2D eigenvalue weighted by molar-refractivity contribution is 7.13. The maximum absolute atomic E-state index is 12.7. The number of hydrogen-bond acceptors (Lipinski definition) is 5. The van der Waals surface area contributed by atoms with Crippen molar-refractivity contribution < 1.29 is 9.53 Å². The summed E-state index contributed by atoms with van der Waals surface area (Å²) in [5.74, 6) is -0.0356. The van der Waals surface area contributed by atoms with Crippen molar-refractivity contribution in [1.82, 2.24) is 19.9 Å². The van der Waals surface area contributed by atoms with Gasteiger partial charge in [0.2, 0.25) is 0 Å². The summed E-state index contributed by atoms with van der Waals surface area (Å²) in [6, 6.07) is 5.96. The standard InChI is InChI=1S/C22H28N4O2S/c1-5-6-9-23-21(27)18-12-20(26(16(18)3)10-11-28-4)19-14-29-22(25-19)17-8-7-15(2)24-13-17/h7-8,12-14H,5-6,9-11H2,1-4H3,(H,23,27). The Bertz CT molecular complexity index is 960. The van der Waals surface area contributed by atoms with Crippen molar-refractivity contribution in [2.75, 3.05) is 20.3 Å². The van der Waals surface area contributed by atoms with E-state index in [4.69, 9.17) is 9.72 Å². The lowest BCUT2D eigenvalue weighted by atomic mass is 10.2. The molecule has 0 saturated carbocycles. The molecule has 29 heavy (non-hydrogen) atoms. The van der Waals surface area contributed by atoms with Gasteiger partial charge in [-0.25, -0.2) is 4.98 Å². The van der Waals surface area contributed by atoms with Gasteiger partial charge in [0.25, 0.3) is 5.91 Å². The molecule has 6 nitrogen and oxygen atoms in total. The first-order chi connectivity index (χ1) is 14.0. The minimum Gasteiger partial charge on any atom is -0.383 e. The number of unbranched alkanes of at least 4 members (excludes halogenated alkanes) is 1. The Balaban J connectivity index is 1.94. The normalized spacial score (nSPS) is 11.0. The Hall–Kier alpha value is -2.51. The predicted molar refractivity (Wildman–Crippen MR) is 117 cm³/mol. The van der Waals surface area contributed by atoms with Gasteiger partial charge in [0.15, 0.2) is 0 Å². The second-order valence-corrected chi connectivity index (χ2v) is 7.87. The number of nitrogens with one attached hydrogen (secondary N) is 1. The van der Waals surface area contributed by atoms with E-state index in [1.165, 1.54) is 0 Å². The Kier molecular flexibility index (Phi) is 7.17. The summed E-state index contributed by atoms with van der Waals surface area (Å²) in [6.07, 6.45) is 3.87. The Labute approximate surface area is 176 Å². The van der Waals surface area contributed by atoms with Crippen LogP contribution in [0.15, 0.2) is 29.8 Å². The lowest BCUT2D eigenvalue weighted by Gasteiger charge is -2.10. The molecule has 0 atom stereocenters. The topological polar surface area (TPSA) is 69.0 Å². The summed E-state index contributed by atoms with van der Waals surface area (Å²) >= 11 is 1.58. The predicted octanol–water partition coefficient (Wildman–Crippen LogP) is 4.47. The zero-order valence-electron chi connectivity index (χ0n) is 17.5. The van der Waals surface area contributed by atoms with E-state index in [1.807, 2.05) is 43.6 Å². The van der Waals surface area contributed by atoms with Crippen LogP contribution in [0.4, 0.5) is 0 Å². The maximum atomic E-state index is 12.7. The average molecular weight is 413 g/mol. The van der Waals surface area contributed by atoms with Gasteiger partial charge in [-0.2, -0.15) is 0 Å². The Morgan fingerprint density at radius 3 is 2.83 bits per heavy atom. The summed E-state index contributed by atoms with van der Waals surface area (Å²) in [6.45, 7) is 7.98. The minimum atomic E-state index is -0.0356. The van der Waals surface area contributed by atoms with E-state index in [-0.39, 0.29) is 5.91 Å². The number of amides is 1. The van der Waals surface area contributed by atoms with Crippen LogP contribution in [-0.4, -0.2) is 40.7 Å². The second kappa shape index (κ2) is 9.80. The van der Waals surface area contributed by atoms with Crippen molar-refractivity contribution in [3.8, 4) is 22.0 Å². The zero-order valence-corrected chi connectivity index (χ0v) is 18.3. The third kappa shape index (κ3) is 4.92. The van der Waals surface area contributed by atoms with Crippen LogP contribution in [0.2, 0.25) is 0 Å². The molecule has 1 amide bonds. The number of thiazole rings is 1. The molecule has 154 valence electrons. The molecule has 0 aliphatic heterocycles. The molecule has 0 aliphatic carbocycles. The van der Waals surface area contributed by atoms with E-state index >= 15 is 0 Å². The number of ether oxygens (including phenoxy) is 1. The SMILES string of the molecule is CCCCNC(=O)c1cc(-c2csc(-c3ccc(C)nc3)n2)n(CCOC)c1C. The van der Waals surface area contributed by atoms with E-state index in [0.717, 1.165) is 46.2 Å². The number of carbonyl (C=O) groups is 1. The molecule has 3 heterocycles. The van der Waals surface area contributed by atoms with Crippen LogP contribution in [0, 0.1) is 13.8 Å². The Morgan fingerprint density at radius 2 is 2.14 bits per heavy atom. The molecule has 3 aromatic rings. The maximum Gasteiger partial charge on any atom is 0.253 e. The average Bonchev–Trinajstić information content (AvgIpc) is 3.32. The smallest absolute Gasteiger partial charge is 0.253 e. The van der Waals surface area contributed by atoms with Crippen LogP contribution in [0.3, 0.4) is 0 Å². The molecule has 3 rings (SSSR count). The molecule has 3 aromatic heterocycles. The first kappa shape index (κ1) is 21.2. The highest BCUT2D eigenvalue weighted by Crippen LogP contribution is 2.31. The monoisotopic (exact) mass is 412 g/mol. The molecule has 0 radical (unpaired) electrons. The quantitative estimate of drug-likeness (QED) is 0.527. The number of pyridine rings is 1. The number of nitrogens with zero attached hydrogens (tertiary/aromatic N) is 3. The summed E-state index contributed by atoms with van der Waals surface area (Å²) in [5.41, 5.74) is 5.39. The molecule has 0 unspecified atom stereocenters. The third-order valence-corrected chi connectivity index (χ3v) is 5.76. The number of carbonyl (C=O) groups excluding carboxylic acids is 1. The van der Waals surface area contributed by atoms with E-state index < -0.39 is 0 Å². The van der Waals surface area contributed by atoms with Crippen LogP contribution in [0.25, 0.3) is 22.0 Å². The van der Waals surface area contributed by atoms with Crippen molar-refractivity contribution >= 4 is 17.2 Å². The Morgan fingerprint density at radius 1 is 1.31 bits per heavy atom. The van der Waals surface area contributed by atoms with Crippen molar-refractivity contribution in [1.29, 1.82) is 0 Å². The molecule has 0 fully saturated rings. The van der Waals surface area contributed by atoms with Gasteiger partial charge in [-0.05, 0) is 38.5 Å². The van der Waals surface area contributed by atoms with Crippen LogP contribution in [0.5, 0.6) is 0 Å². The van der Waals surface area contributed by atoms with Crippen LogP contribution >= 0.6 is 11.3 Å². The molecule has 0 saturated heterocycles. The molecule has 0 aliphatic rings. The van der Waals surface area contributed by atoms with Gasteiger partial charge in [0.05, 0.1) is 23.6 Å². The molecule has 0 aromatic carbocycles. The fourth-order valence-corrected chi connectivity index (χ4v) is 3.95. The fourth-order valence-electron chi connectivity index (χ4n) is 3.15. The van der Waals surface area contributed by atoms with E-state index in [1.54, 1.807) is 18.4 Å². The van der Waals surface area contributed by atoms with Crippen LogP contribution < -0.4 is 5.32 Å². The van der Waals surface area contributed by atoms with Crippen LogP contribution in [-0.2, 0) is 11.3 Å². The van der Waals surface area contributed by atoms with Gasteiger partial charge in [0, 0.05) is 48.7 Å². The van der Waals surface area contributed by atoms with Gasteiger partial charge in [-0.1, -0.05) is 13.3 Å². The first-order valence-corrected chi connectivity index (χ1v) is 10.8. The molecular formula is C22H28N4O2S. The van der Waals surface area contributed by atoms with Crippen molar-refractivity contribution in [3.05, 3.63) is 46.7 Å². The lowest BCUT2D eigenvalue weighted by Crippen LogP contribution is -2.24. The van der Waals surface area contributed by atoms with Crippen molar-refractivity contribution in [3.63, 3.8) is 0 Å². The summed E-state index contributed by atoms with van der Waals surface area (Å²) in [4.78, 5) is 21.9. The van der Waals surface area contributed by atoms with Gasteiger partial charge >= 0.3 is 0 Å². The zero-order chi connectivity index (χ0) is 20.8. The molecular weight excluding hydrogens is 384 g/mol. The van der Waals surface area contributed by atoms with Crippen molar-refractivity contribution in [2.24, 2.45) is 0 Å². The van der Waals surface area contributed by atoms with E-state index in [0.29, 0.717) is 25.3 Å². The molecule has 0 bridgehead atoms. The summed E-state index contributed by atoms with van der Waals surface area (Å²) < 4.78 is 7.39. The number of aromatic nitrogens is 3. The lowest BCUT2D eigenvalue weighted by molar-refractivity contribution is 0.0952. The first-order valence-electron chi connectivity index (χ1n) is 9.91. The largest absolute Gasteiger partial charge is 0.383 e. The van der Waals surface area contributed by atoms with Gasteiger partial charge < -0.3 is 14.6 Å². The molecule has 1 N–H and O–H groups in total. The van der Waals surface area contributed by atoms with E-state index in [9.17, 15) is 4.79 Å². The molecule has 7 heteroatoms.